The van der Waals surface area contributed by atoms with Crippen molar-refractivity contribution in [2.75, 3.05) is 13.1 Å². The van der Waals surface area contributed by atoms with Crippen molar-refractivity contribution in [3.05, 3.63) is 39.2 Å². The molecule has 1 aliphatic carbocycles. The Balaban J connectivity index is 1.79. The molecule has 24 heavy (non-hydrogen) atoms. The fourth-order valence-corrected chi connectivity index (χ4v) is 3.72. The van der Waals surface area contributed by atoms with Gasteiger partial charge in [0.15, 0.2) is 0 Å². The number of nitro benzene ring substituents is 1. The zero-order valence-electron chi connectivity index (χ0n) is 13.1. The van der Waals surface area contributed by atoms with E-state index in [4.69, 9.17) is 5.11 Å². The average molecular weight is 336 g/mol. The maximum atomic E-state index is 13.6. The van der Waals surface area contributed by atoms with E-state index in [1.165, 1.54) is 11.8 Å². The lowest BCUT2D eigenvalue weighted by atomic mass is 9.90. The van der Waals surface area contributed by atoms with Gasteiger partial charge in [-0.25, -0.2) is 4.39 Å². The third-order valence-electron chi connectivity index (χ3n) is 5.21. The molecular weight excluding hydrogens is 319 g/mol. The standard InChI is InChI=1S/C16H17FN2O5/c1-9-6-10(17)7-11(13(9)19(23)24)14(20)18-4-2-16(3-5-18)8-12(16)15(21)22/h6-7,12H,2-5,8H2,1H3,(H,21,22). The van der Waals surface area contributed by atoms with Gasteiger partial charge in [0.25, 0.3) is 11.6 Å². The molecule has 1 aromatic carbocycles. The molecule has 1 spiro atoms. The number of carbonyl (C=O) groups is 2. The molecule has 1 unspecified atom stereocenters. The summed E-state index contributed by atoms with van der Waals surface area (Å²) in [5.74, 6) is -2.44. The lowest BCUT2D eigenvalue weighted by molar-refractivity contribution is -0.385. The Bertz CT molecular complexity index is 740. The van der Waals surface area contributed by atoms with Gasteiger partial charge < -0.3 is 10.0 Å². The summed E-state index contributed by atoms with van der Waals surface area (Å²) in [5, 5.41) is 20.3. The molecule has 0 aromatic heterocycles. The highest BCUT2D eigenvalue weighted by Gasteiger charge is 2.59. The maximum Gasteiger partial charge on any atom is 0.307 e. The molecule has 1 heterocycles. The Kier molecular flexibility index (Phi) is 3.77. The van der Waals surface area contributed by atoms with Crippen molar-refractivity contribution >= 4 is 17.6 Å². The number of carboxylic acid groups (broad SMARTS) is 1. The first-order valence-electron chi connectivity index (χ1n) is 7.72. The Morgan fingerprint density at radius 1 is 1.38 bits per heavy atom. The highest BCUT2D eigenvalue weighted by Crippen LogP contribution is 2.59. The van der Waals surface area contributed by atoms with Crippen molar-refractivity contribution in [1.82, 2.24) is 4.90 Å². The van der Waals surface area contributed by atoms with Crippen molar-refractivity contribution in [2.45, 2.75) is 26.2 Å². The Labute approximate surface area is 137 Å². The van der Waals surface area contributed by atoms with E-state index in [1.54, 1.807) is 0 Å². The summed E-state index contributed by atoms with van der Waals surface area (Å²) < 4.78 is 13.6. The largest absolute Gasteiger partial charge is 0.481 e. The molecule has 1 aromatic rings. The molecular formula is C16H17FN2O5. The van der Waals surface area contributed by atoms with Crippen molar-refractivity contribution in [3.8, 4) is 0 Å². The SMILES string of the molecule is Cc1cc(F)cc(C(=O)N2CCC3(CC2)CC3C(=O)O)c1[N+](=O)[O-]. The number of hydrogen-bond acceptors (Lipinski definition) is 4. The zero-order chi connectivity index (χ0) is 17.6. The number of likely N-dealkylation sites (tertiary alicyclic amines) is 1. The molecule has 128 valence electrons. The number of rotatable bonds is 3. The monoisotopic (exact) mass is 336 g/mol. The molecule has 7 nitrogen and oxygen atoms in total. The third kappa shape index (κ3) is 2.61. The number of nitro groups is 1. The van der Waals surface area contributed by atoms with E-state index >= 15 is 0 Å². The molecule has 2 fully saturated rings. The van der Waals surface area contributed by atoms with Crippen LogP contribution in [-0.2, 0) is 4.79 Å². The molecule has 1 amide bonds. The van der Waals surface area contributed by atoms with Gasteiger partial charge in [0.2, 0.25) is 0 Å². The van der Waals surface area contributed by atoms with Gasteiger partial charge in [-0.15, -0.1) is 0 Å². The highest BCUT2D eigenvalue weighted by atomic mass is 19.1. The zero-order valence-corrected chi connectivity index (χ0v) is 13.1. The van der Waals surface area contributed by atoms with Crippen LogP contribution in [-0.4, -0.2) is 39.9 Å². The normalized spacial score (nSPS) is 21.6. The third-order valence-corrected chi connectivity index (χ3v) is 5.21. The lowest BCUT2D eigenvalue weighted by Gasteiger charge is -2.32. The minimum Gasteiger partial charge on any atom is -0.481 e. The van der Waals surface area contributed by atoms with Crippen LogP contribution >= 0.6 is 0 Å². The number of piperidine rings is 1. The second kappa shape index (κ2) is 5.54. The minimum atomic E-state index is -0.814. The molecule has 1 saturated heterocycles. The van der Waals surface area contributed by atoms with Gasteiger partial charge in [0.1, 0.15) is 11.4 Å². The van der Waals surface area contributed by atoms with Crippen molar-refractivity contribution in [3.63, 3.8) is 0 Å². The summed E-state index contributed by atoms with van der Waals surface area (Å²) in [6.07, 6.45) is 1.72. The Morgan fingerprint density at radius 2 is 2.00 bits per heavy atom. The first kappa shape index (κ1) is 16.4. The minimum absolute atomic E-state index is 0.102. The summed E-state index contributed by atoms with van der Waals surface area (Å²) in [6, 6.07) is 1.93. The highest BCUT2D eigenvalue weighted by molar-refractivity contribution is 5.98. The molecule has 1 aliphatic heterocycles. The maximum absolute atomic E-state index is 13.6. The number of carbonyl (C=O) groups excluding carboxylic acids is 1. The first-order chi connectivity index (χ1) is 11.2. The van der Waals surface area contributed by atoms with Crippen LogP contribution in [0.5, 0.6) is 0 Å². The molecule has 0 bridgehead atoms. The van der Waals surface area contributed by atoms with Gasteiger partial charge in [-0.1, -0.05) is 0 Å². The van der Waals surface area contributed by atoms with E-state index < -0.39 is 22.6 Å². The predicted octanol–water partition coefficient (Wildman–Crippen LogP) is 2.37. The number of benzene rings is 1. The van der Waals surface area contributed by atoms with Gasteiger partial charge in [-0.05, 0) is 43.7 Å². The van der Waals surface area contributed by atoms with Gasteiger partial charge in [-0.2, -0.15) is 0 Å². The number of nitrogens with zero attached hydrogens (tertiary/aromatic N) is 2. The van der Waals surface area contributed by atoms with E-state index in [-0.39, 0.29) is 28.1 Å². The Morgan fingerprint density at radius 3 is 2.50 bits per heavy atom. The number of aliphatic carboxylic acids is 1. The van der Waals surface area contributed by atoms with E-state index in [2.05, 4.69) is 0 Å². The van der Waals surface area contributed by atoms with Crippen LogP contribution in [0.15, 0.2) is 12.1 Å². The number of carboxylic acids is 1. The van der Waals surface area contributed by atoms with Crippen LogP contribution < -0.4 is 0 Å². The summed E-state index contributed by atoms with van der Waals surface area (Å²) in [7, 11) is 0. The van der Waals surface area contributed by atoms with Crippen LogP contribution in [0.1, 0.15) is 35.2 Å². The van der Waals surface area contributed by atoms with Gasteiger partial charge in [-0.3, -0.25) is 19.7 Å². The Hall–Kier alpha value is -2.51. The van der Waals surface area contributed by atoms with Crippen LogP contribution in [0.4, 0.5) is 10.1 Å². The summed E-state index contributed by atoms with van der Waals surface area (Å²) in [5.41, 5.74) is -0.771. The molecule has 1 saturated carbocycles. The van der Waals surface area contributed by atoms with E-state index in [9.17, 15) is 24.1 Å². The molecule has 0 radical (unpaired) electrons. The van der Waals surface area contributed by atoms with E-state index in [1.807, 2.05) is 0 Å². The fraction of sp³-hybridized carbons (Fsp3) is 0.500. The second-order valence-corrected chi connectivity index (χ2v) is 6.63. The van der Waals surface area contributed by atoms with Gasteiger partial charge >= 0.3 is 5.97 Å². The van der Waals surface area contributed by atoms with Crippen molar-refractivity contribution < 1.29 is 24.0 Å². The van der Waals surface area contributed by atoms with Crippen molar-refractivity contribution in [1.29, 1.82) is 0 Å². The van der Waals surface area contributed by atoms with E-state index in [0.717, 1.165) is 12.1 Å². The number of aryl methyl sites for hydroxylation is 1. The number of halogens is 1. The lowest BCUT2D eigenvalue weighted by Crippen LogP contribution is -2.40. The van der Waals surface area contributed by atoms with E-state index in [0.29, 0.717) is 32.4 Å². The van der Waals surface area contributed by atoms with Crippen LogP contribution in [0.25, 0.3) is 0 Å². The smallest absolute Gasteiger partial charge is 0.307 e. The summed E-state index contributed by atoms with van der Waals surface area (Å²) in [6.45, 7) is 2.05. The number of amides is 1. The molecule has 3 rings (SSSR count). The second-order valence-electron chi connectivity index (χ2n) is 6.63. The topological polar surface area (TPSA) is 101 Å². The molecule has 8 heteroatoms. The van der Waals surface area contributed by atoms with Crippen LogP contribution in [0, 0.1) is 34.2 Å². The fourth-order valence-electron chi connectivity index (χ4n) is 3.72. The van der Waals surface area contributed by atoms with Gasteiger partial charge in [0.05, 0.1) is 10.8 Å². The molecule has 1 N–H and O–H groups in total. The summed E-state index contributed by atoms with van der Waals surface area (Å²) in [4.78, 5) is 35.7. The van der Waals surface area contributed by atoms with Crippen LogP contribution in [0.2, 0.25) is 0 Å². The van der Waals surface area contributed by atoms with Crippen molar-refractivity contribution in [2.24, 2.45) is 11.3 Å². The van der Waals surface area contributed by atoms with Gasteiger partial charge in [0, 0.05) is 18.7 Å². The molecule has 1 atom stereocenters. The quantitative estimate of drug-likeness (QED) is 0.674. The van der Waals surface area contributed by atoms with Crippen LogP contribution in [0.3, 0.4) is 0 Å². The summed E-state index contributed by atoms with van der Waals surface area (Å²) >= 11 is 0. The molecule has 2 aliphatic rings. The average Bonchev–Trinajstić information content (AvgIpc) is 3.20. The first-order valence-corrected chi connectivity index (χ1v) is 7.72. The predicted molar refractivity (Wildman–Crippen MR) is 81.1 cm³/mol. The number of hydrogen-bond donors (Lipinski definition) is 1.